The van der Waals surface area contributed by atoms with Crippen molar-refractivity contribution in [2.45, 2.75) is 56.1 Å². The quantitative estimate of drug-likeness (QED) is 0.555. The van der Waals surface area contributed by atoms with E-state index in [9.17, 15) is 13.2 Å². The van der Waals surface area contributed by atoms with E-state index in [0.29, 0.717) is 12.1 Å². The van der Waals surface area contributed by atoms with Crippen molar-refractivity contribution in [3.8, 4) is 0 Å². The molecule has 1 saturated carbocycles. The summed E-state index contributed by atoms with van der Waals surface area (Å²) in [4.78, 5) is 15.7. The van der Waals surface area contributed by atoms with Crippen LogP contribution in [-0.2, 0) is 21.5 Å². The fraction of sp³-hybridized carbons (Fsp3) is 0.435. The van der Waals surface area contributed by atoms with Crippen LogP contribution in [0.5, 0.6) is 0 Å². The molecule has 0 aromatic heterocycles. The van der Waals surface area contributed by atoms with Gasteiger partial charge in [-0.3, -0.25) is 9.35 Å². The summed E-state index contributed by atoms with van der Waals surface area (Å²) in [5.74, 6) is 0. The Balaban J connectivity index is 0.000000248. The Morgan fingerprint density at radius 2 is 1.53 bits per heavy atom. The molecule has 0 spiro atoms. The Hall–Kier alpha value is -2.22. The van der Waals surface area contributed by atoms with Gasteiger partial charge in [-0.25, -0.2) is 0 Å². The van der Waals surface area contributed by atoms with Crippen molar-refractivity contribution in [1.29, 1.82) is 0 Å². The zero-order valence-corrected chi connectivity index (χ0v) is 18.8. The van der Waals surface area contributed by atoms with Crippen LogP contribution in [0, 0.1) is 6.92 Å². The highest BCUT2D eigenvalue weighted by Crippen LogP contribution is 2.26. The van der Waals surface area contributed by atoms with Gasteiger partial charge in [0.25, 0.3) is 10.1 Å². The van der Waals surface area contributed by atoms with Gasteiger partial charge in [-0.05, 0) is 51.6 Å². The SMILES string of the molecule is CN(C)[C@@H]1CCCC[C@H]1N(C=O)Cc1ccccc1.Cc1ccc(S(=O)(=O)O)cc1. The van der Waals surface area contributed by atoms with Crippen molar-refractivity contribution in [1.82, 2.24) is 9.80 Å². The number of likely N-dealkylation sites (N-methyl/N-ethyl adjacent to an activating group) is 1. The van der Waals surface area contributed by atoms with Gasteiger partial charge < -0.3 is 9.80 Å². The van der Waals surface area contributed by atoms with Gasteiger partial charge in [0.1, 0.15) is 0 Å². The summed E-state index contributed by atoms with van der Waals surface area (Å²) in [5.41, 5.74) is 2.16. The van der Waals surface area contributed by atoms with Crippen LogP contribution in [0.2, 0.25) is 0 Å². The minimum Gasteiger partial charge on any atom is -0.336 e. The Kier molecular flexibility index (Phi) is 9.02. The maximum absolute atomic E-state index is 11.5. The first kappa shape index (κ1) is 24.1. The fourth-order valence-electron chi connectivity index (χ4n) is 3.82. The van der Waals surface area contributed by atoms with Crippen molar-refractivity contribution >= 4 is 16.5 Å². The Bertz CT molecular complexity index is 883. The molecule has 2 aromatic rings. The molecule has 1 amide bonds. The van der Waals surface area contributed by atoms with E-state index in [4.69, 9.17) is 4.55 Å². The van der Waals surface area contributed by atoms with Crippen LogP contribution in [-0.4, -0.2) is 55.4 Å². The molecule has 0 aliphatic heterocycles. The Labute approximate surface area is 180 Å². The molecule has 0 saturated heterocycles. The van der Waals surface area contributed by atoms with Crippen molar-refractivity contribution in [2.75, 3.05) is 14.1 Å². The third-order valence-corrected chi connectivity index (χ3v) is 6.31. The predicted octanol–water partition coefficient (Wildman–Crippen LogP) is 3.76. The lowest BCUT2D eigenvalue weighted by Gasteiger charge is -2.41. The number of aryl methyl sites for hydroxylation is 1. The number of nitrogens with zero attached hydrogens (tertiary/aromatic N) is 2. The maximum Gasteiger partial charge on any atom is 0.294 e. The predicted molar refractivity (Wildman–Crippen MR) is 119 cm³/mol. The number of hydrogen-bond acceptors (Lipinski definition) is 4. The van der Waals surface area contributed by atoms with Crippen LogP contribution in [0.4, 0.5) is 0 Å². The molecule has 2 aromatic carbocycles. The molecule has 1 N–H and O–H groups in total. The minimum atomic E-state index is -4.02. The van der Waals surface area contributed by atoms with Gasteiger partial charge in [0, 0.05) is 18.6 Å². The average molecular weight is 433 g/mol. The van der Waals surface area contributed by atoms with E-state index in [1.165, 1.54) is 37.0 Å². The Morgan fingerprint density at radius 3 is 2.03 bits per heavy atom. The summed E-state index contributed by atoms with van der Waals surface area (Å²) in [6.45, 7) is 2.56. The molecule has 1 aliphatic carbocycles. The summed E-state index contributed by atoms with van der Waals surface area (Å²) in [6, 6.07) is 17.1. The normalized spacial score (nSPS) is 19.0. The molecule has 1 aliphatic rings. The number of amides is 1. The molecule has 7 heteroatoms. The molecule has 0 bridgehead atoms. The topological polar surface area (TPSA) is 77.9 Å². The lowest BCUT2D eigenvalue weighted by atomic mass is 9.88. The largest absolute Gasteiger partial charge is 0.336 e. The van der Waals surface area contributed by atoms with Gasteiger partial charge in [0.2, 0.25) is 6.41 Å². The van der Waals surface area contributed by atoms with Crippen molar-refractivity contribution in [2.24, 2.45) is 0 Å². The standard InChI is InChI=1S/C16H24N2O.C7H8O3S/c1-17(2)15-10-6-7-11-16(15)18(13-19)12-14-8-4-3-5-9-14;1-6-2-4-7(5-3-6)11(8,9)10/h3-5,8-9,13,15-16H,6-7,10-12H2,1-2H3;2-5H,1H3,(H,8,9,10)/t15-,16-;/m1./s1. The summed E-state index contributed by atoms with van der Waals surface area (Å²) >= 11 is 0. The van der Waals surface area contributed by atoms with Gasteiger partial charge in [-0.15, -0.1) is 0 Å². The summed E-state index contributed by atoms with van der Waals surface area (Å²) in [5, 5.41) is 0. The number of benzene rings is 2. The number of rotatable bonds is 6. The second kappa shape index (κ2) is 11.2. The minimum absolute atomic E-state index is 0.0666. The van der Waals surface area contributed by atoms with Crippen LogP contribution in [0.1, 0.15) is 36.8 Å². The van der Waals surface area contributed by atoms with E-state index in [2.05, 4.69) is 31.1 Å². The fourth-order valence-corrected chi connectivity index (χ4v) is 4.30. The van der Waals surface area contributed by atoms with Crippen molar-refractivity contribution < 1.29 is 17.8 Å². The van der Waals surface area contributed by atoms with Crippen molar-refractivity contribution in [3.05, 3.63) is 65.7 Å². The molecular weight excluding hydrogens is 400 g/mol. The lowest BCUT2D eigenvalue weighted by Crippen LogP contribution is -2.50. The highest BCUT2D eigenvalue weighted by atomic mass is 32.2. The van der Waals surface area contributed by atoms with Gasteiger partial charge >= 0.3 is 0 Å². The monoisotopic (exact) mass is 432 g/mol. The smallest absolute Gasteiger partial charge is 0.294 e. The number of carbonyl (C=O) groups excluding carboxylic acids is 1. The highest BCUT2D eigenvalue weighted by molar-refractivity contribution is 7.85. The third kappa shape index (κ3) is 7.23. The summed E-state index contributed by atoms with van der Waals surface area (Å²) < 4.78 is 29.6. The van der Waals surface area contributed by atoms with E-state index in [1.807, 2.05) is 30.0 Å². The van der Waals surface area contributed by atoms with E-state index in [1.54, 1.807) is 12.1 Å². The first-order valence-corrected chi connectivity index (χ1v) is 11.6. The second-order valence-electron chi connectivity index (χ2n) is 7.93. The molecule has 0 radical (unpaired) electrons. The zero-order valence-electron chi connectivity index (χ0n) is 17.9. The highest BCUT2D eigenvalue weighted by Gasteiger charge is 2.30. The summed E-state index contributed by atoms with van der Waals surface area (Å²) in [6.07, 6.45) is 5.84. The van der Waals surface area contributed by atoms with Gasteiger partial charge in [-0.1, -0.05) is 60.9 Å². The van der Waals surface area contributed by atoms with E-state index in [0.717, 1.165) is 24.9 Å². The Morgan fingerprint density at radius 1 is 0.967 bits per heavy atom. The van der Waals surface area contributed by atoms with Crippen molar-refractivity contribution in [3.63, 3.8) is 0 Å². The van der Waals surface area contributed by atoms with Crippen LogP contribution in [0.25, 0.3) is 0 Å². The molecule has 3 rings (SSSR count). The number of hydrogen-bond donors (Lipinski definition) is 1. The van der Waals surface area contributed by atoms with Gasteiger partial charge in [0.15, 0.2) is 0 Å². The van der Waals surface area contributed by atoms with Crippen LogP contribution in [0.3, 0.4) is 0 Å². The second-order valence-corrected chi connectivity index (χ2v) is 9.36. The molecule has 0 heterocycles. The van der Waals surface area contributed by atoms with Gasteiger partial charge in [0.05, 0.1) is 4.90 Å². The number of carbonyl (C=O) groups is 1. The van der Waals surface area contributed by atoms with Gasteiger partial charge in [-0.2, -0.15) is 8.42 Å². The third-order valence-electron chi connectivity index (χ3n) is 5.45. The van der Waals surface area contributed by atoms with Crippen LogP contribution >= 0.6 is 0 Å². The molecular formula is C23H32N2O4S. The zero-order chi connectivity index (χ0) is 22.1. The molecule has 0 unspecified atom stereocenters. The molecule has 6 nitrogen and oxygen atoms in total. The molecule has 2 atom stereocenters. The molecule has 30 heavy (non-hydrogen) atoms. The maximum atomic E-state index is 11.5. The molecule has 1 fully saturated rings. The van der Waals surface area contributed by atoms with Crippen LogP contribution in [0.15, 0.2) is 59.5 Å². The van der Waals surface area contributed by atoms with E-state index >= 15 is 0 Å². The summed E-state index contributed by atoms with van der Waals surface area (Å²) in [7, 11) is 0.219. The first-order valence-electron chi connectivity index (χ1n) is 10.2. The molecule has 164 valence electrons. The van der Waals surface area contributed by atoms with Crippen LogP contribution < -0.4 is 0 Å². The van der Waals surface area contributed by atoms with E-state index < -0.39 is 10.1 Å². The average Bonchev–Trinajstić information content (AvgIpc) is 2.73. The first-order chi connectivity index (χ1) is 14.2. The van der Waals surface area contributed by atoms with E-state index in [-0.39, 0.29) is 4.90 Å². The lowest BCUT2D eigenvalue weighted by molar-refractivity contribution is -0.123.